The van der Waals surface area contributed by atoms with Gasteiger partial charge in [-0.1, -0.05) is 48.5 Å². The molecule has 0 N–H and O–H groups in total. The van der Waals surface area contributed by atoms with Crippen LogP contribution in [-0.4, -0.2) is 28.4 Å². The quantitative estimate of drug-likeness (QED) is 0.260. The van der Waals surface area contributed by atoms with Crippen LogP contribution in [0.25, 0.3) is 0 Å². The molecule has 0 amide bonds. The molecule has 4 aromatic carbocycles. The summed E-state index contributed by atoms with van der Waals surface area (Å²) in [5, 5.41) is 0. The van der Waals surface area contributed by atoms with E-state index in [-0.39, 0.29) is 24.0 Å². The molecule has 1 heterocycles. The predicted octanol–water partition coefficient (Wildman–Crippen LogP) is 7.10. The lowest BCUT2D eigenvalue weighted by molar-refractivity contribution is 0.0367. The van der Waals surface area contributed by atoms with Crippen molar-refractivity contribution in [3.05, 3.63) is 119 Å². The third-order valence-corrected chi connectivity index (χ3v) is 7.22. The monoisotopic (exact) mass is 496 g/mol. The fraction of sp³-hybridized carbons (Fsp3) is 0.250. The first-order valence-electron chi connectivity index (χ1n) is 12.4. The Labute approximate surface area is 218 Å². The molecule has 190 valence electrons. The lowest BCUT2D eigenvalue weighted by atomic mass is 9.75. The molecule has 37 heavy (non-hydrogen) atoms. The first-order chi connectivity index (χ1) is 18.1. The highest BCUT2D eigenvalue weighted by atomic mass is 16.5. The zero-order valence-electron chi connectivity index (χ0n) is 21.6. The minimum Gasteiger partial charge on any atom is -0.497 e. The molecule has 5 heteroatoms. The third-order valence-electron chi connectivity index (χ3n) is 7.22. The van der Waals surface area contributed by atoms with E-state index in [4.69, 9.17) is 23.7 Å². The second kappa shape index (κ2) is 11.0. The van der Waals surface area contributed by atoms with Crippen molar-refractivity contribution in [1.82, 2.24) is 0 Å². The summed E-state index contributed by atoms with van der Waals surface area (Å²) in [6.45, 7) is 0. The van der Waals surface area contributed by atoms with Crippen molar-refractivity contribution in [2.24, 2.45) is 0 Å². The molecular weight excluding hydrogens is 464 g/mol. The van der Waals surface area contributed by atoms with E-state index in [0.717, 1.165) is 34.1 Å². The SMILES string of the molecule is COc1ccc(C2OC(c3ccc(OC)cc3)C(c3ccc(OC)cc3)C2c2ccc(OC)cc2)cc1. The predicted molar refractivity (Wildman–Crippen MR) is 144 cm³/mol. The minimum absolute atomic E-state index is 0.0554. The first-order valence-corrected chi connectivity index (χ1v) is 12.4. The van der Waals surface area contributed by atoms with Crippen molar-refractivity contribution in [3.63, 3.8) is 0 Å². The third kappa shape index (κ3) is 5.00. The maximum absolute atomic E-state index is 6.98. The maximum Gasteiger partial charge on any atom is 0.118 e. The molecule has 0 aromatic heterocycles. The van der Waals surface area contributed by atoms with Gasteiger partial charge in [0.1, 0.15) is 23.0 Å². The van der Waals surface area contributed by atoms with Gasteiger partial charge < -0.3 is 23.7 Å². The topological polar surface area (TPSA) is 46.2 Å². The lowest BCUT2D eigenvalue weighted by Crippen LogP contribution is -2.14. The van der Waals surface area contributed by atoms with Gasteiger partial charge in [0.25, 0.3) is 0 Å². The van der Waals surface area contributed by atoms with Gasteiger partial charge in [-0.2, -0.15) is 0 Å². The van der Waals surface area contributed by atoms with Crippen LogP contribution < -0.4 is 18.9 Å². The Balaban J connectivity index is 1.65. The second-order valence-corrected chi connectivity index (χ2v) is 9.12. The molecule has 1 saturated heterocycles. The Morgan fingerprint density at radius 2 is 0.622 bits per heavy atom. The number of benzene rings is 4. The van der Waals surface area contributed by atoms with Crippen LogP contribution in [0.4, 0.5) is 0 Å². The highest BCUT2D eigenvalue weighted by molar-refractivity contribution is 5.43. The van der Waals surface area contributed by atoms with E-state index in [1.807, 2.05) is 48.5 Å². The molecule has 5 rings (SSSR count). The summed E-state index contributed by atoms with van der Waals surface area (Å²) in [5.74, 6) is 3.41. The molecule has 0 radical (unpaired) electrons. The fourth-order valence-corrected chi connectivity index (χ4v) is 5.28. The summed E-state index contributed by atoms with van der Waals surface area (Å²) in [4.78, 5) is 0. The van der Waals surface area contributed by atoms with Gasteiger partial charge in [0, 0.05) is 11.8 Å². The summed E-state index contributed by atoms with van der Waals surface area (Å²) < 4.78 is 28.7. The van der Waals surface area contributed by atoms with Crippen molar-refractivity contribution < 1.29 is 23.7 Å². The molecule has 5 nitrogen and oxygen atoms in total. The van der Waals surface area contributed by atoms with Crippen LogP contribution in [0.5, 0.6) is 23.0 Å². The zero-order chi connectivity index (χ0) is 25.8. The summed E-state index contributed by atoms with van der Waals surface area (Å²) >= 11 is 0. The summed E-state index contributed by atoms with van der Waals surface area (Å²) in [7, 11) is 6.74. The van der Waals surface area contributed by atoms with E-state index in [2.05, 4.69) is 48.5 Å². The van der Waals surface area contributed by atoms with Crippen LogP contribution >= 0.6 is 0 Å². The standard InChI is InChI=1S/C32H32O5/c1-33-25-13-5-21(6-14-25)29-30(22-7-15-26(34-2)16-8-22)32(24-11-19-28(36-4)20-12-24)37-31(29)23-9-17-27(35-3)18-10-23/h5-20,29-32H,1-4H3. The van der Waals surface area contributed by atoms with Crippen molar-refractivity contribution in [1.29, 1.82) is 0 Å². The van der Waals surface area contributed by atoms with E-state index in [1.54, 1.807) is 28.4 Å². The van der Waals surface area contributed by atoms with Gasteiger partial charge in [0.15, 0.2) is 0 Å². The fourth-order valence-electron chi connectivity index (χ4n) is 5.28. The number of ether oxygens (including phenoxy) is 5. The zero-order valence-corrected chi connectivity index (χ0v) is 21.6. The molecule has 0 aliphatic carbocycles. The number of hydrogen-bond donors (Lipinski definition) is 0. The number of hydrogen-bond acceptors (Lipinski definition) is 5. The largest absolute Gasteiger partial charge is 0.497 e. The summed E-state index contributed by atoms with van der Waals surface area (Å²) in [5.41, 5.74) is 4.60. The highest BCUT2D eigenvalue weighted by Crippen LogP contribution is 2.59. The minimum atomic E-state index is -0.168. The summed E-state index contributed by atoms with van der Waals surface area (Å²) in [6, 6.07) is 33.0. The molecule has 4 aromatic rings. The summed E-state index contributed by atoms with van der Waals surface area (Å²) in [6.07, 6.45) is -0.336. The Bertz CT molecular complexity index is 1180. The Morgan fingerprint density at radius 3 is 0.865 bits per heavy atom. The maximum atomic E-state index is 6.98. The van der Waals surface area contributed by atoms with Crippen LogP contribution in [0.3, 0.4) is 0 Å². The normalized spacial score (nSPS) is 20.9. The van der Waals surface area contributed by atoms with Crippen molar-refractivity contribution >= 4 is 0 Å². The van der Waals surface area contributed by atoms with Crippen molar-refractivity contribution in [2.75, 3.05) is 28.4 Å². The van der Waals surface area contributed by atoms with E-state index < -0.39 is 0 Å². The first kappa shape index (κ1) is 24.7. The molecule has 1 aliphatic heterocycles. The van der Waals surface area contributed by atoms with Crippen LogP contribution in [0, 0.1) is 0 Å². The van der Waals surface area contributed by atoms with E-state index >= 15 is 0 Å². The van der Waals surface area contributed by atoms with Crippen LogP contribution in [-0.2, 0) is 4.74 Å². The molecule has 1 aliphatic rings. The molecule has 4 atom stereocenters. The van der Waals surface area contributed by atoms with Gasteiger partial charge in [0.05, 0.1) is 40.6 Å². The Morgan fingerprint density at radius 1 is 0.378 bits per heavy atom. The van der Waals surface area contributed by atoms with Crippen molar-refractivity contribution in [2.45, 2.75) is 24.0 Å². The van der Waals surface area contributed by atoms with E-state index in [1.165, 1.54) is 11.1 Å². The van der Waals surface area contributed by atoms with Gasteiger partial charge in [-0.05, 0) is 70.8 Å². The molecule has 0 bridgehead atoms. The Kier molecular flexibility index (Phi) is 7.33. The molecule has 1 fully saturated rings. The molecule has 4 unspecified atom stereocenters. The highest BCUT2D eigenvalue weighted by Gasteiger charge is 2.47. The second-order valence-electron chi connectivity index (χ2n) is 9.12. The number of methoxy groups -OCH3 is 4. The van der Waals surface area contributed by atoms with Gasteiger partial charge >= 0.3 is 0 Å². The number of rotatable bonds is 8. The van der Waals surface area contributed by atoms with Crippen LogP contribution in [0.2, 0.25) is 0 Å². The van der Waals surface area contributed by atoms with E-state index in [0.29, 0.717) is 0 Å². The average Bonchev–Trinajstić information content (AvgIpc) is 3.38. The van der Waals surface area contributed by atoms with Gasteiger partial charge in [0.2, 0.25) is 0 Å². The van der Waals surface area contributed by atoms with Gasteiger partial charge in [-0.25, -0.2) is 0 Å². The van der Waals surface area contributed by atoms with Gasteiger partial charge in [-0.3, -0.25) is 0 Å². The van der Waals surface area contributed by atoms with Gasteiger partial charge in [-0.15, -0.1) is 0 Å². The smallest absolute Gasteiger partial charge is 0.118 e. The molecule has 0 spiro atoms. The van der Waals surface area contributed by atoms with Crippen LogP contribution in [0.15, 0.2) is 97.1 Å². The molecule has 0 saturated carbocycles. The average molecular weight is 497 g/mol. The van der Waals surface area contributed by atoms with Crippen molar-refractivity contribution in [3.8, 4) is 23.0 Å². The van der Waals surface area contributed by atoms with Crippen LogP contribution in [0.1, 0.15) is 46.3 Å². The van der Waals surface area contributed by atoms with E-state index in [9.17, 15) is 0 Å². The molecular formula is C32H32O5. The Hall–Kier alpha value is -3.96. The lowest BCUT2D eigenvalue weighted by Gasteiger charge is -2.26.